The fourth-order valence-electron chi connectivity index (χ4n) is 3.53. The van der Waals surface area contributed by atoms with Gasteiger partial charge in [0.1, 0.15) is 6.04 Å². The molecule has 1 rings (SSSR count). The van der Waals surface area contributed by atoms with Crippen molar-refractivity contribution in [1.29, 1.82) is 0 Å². The van der Waals surface area contributed by atoms with Gasteiger partial charge in [-0.25, -0.2) is 5.06 Å². The molecule has 2 atom stereocenters. The molecule has 0 spiro atoms. The smallest absolute Gasteiger partial charge is 0.245 e. The highest BCUT2D eigenvalue weighted by atomic mass is 16.5. The Morgan fingerprint density at radius 3 is 2.23 bits per heavy atom. The molecule has 0 aromatic heterocycles. The predicted molar refractivity (Wildman–Crippen MR) is 99.3 cm³/mol. The second kappa shape index (κ2) is 9.90. The molecular formula is C19H35N3O4. The molecule has 3 amide bonds. The van der Waals surface area contributed by atoms with Crippen molar-refractivity contribution in [2.45, 2.75) is 65.3 Å². The van der Waals surface area contributed by atoms with Crippen LogP contribution in [-0.4, -0.2) is 60.1 Å². The number of likely N-dealkylation sites (N-methyl/N-ethyl adjacent to an activating group) is 1. The molecule has 0 aromatic rings. The summed E-state index contributed by atoms with van der Waals surface area (Å²) in [6.45, 7) is 5.65. The highest BCUT2D eigenvalue weighted by molar-refractivity contribution is 5.89. The first kappa shape index (κ1) is 22.4. The van der Waals surface area contributed by atoms with Crippen LogP contribution in [0.15, 0.2) is 0 Å². The van der Waals surface area contributed by atoms with Crippen LogP contribution in [0.4, 0.5) is 0 Å². The molecular weight excluding hydrogens is 334 g/mol. The number of hydroxylamine groups is 2. The molecule has 0 saturated heterocycles. The lowest BCUT2D eigenvalue weighted by atomic mass is 9.81. The van der Waals surface area contributed by atoms with E-state index in [4.69, 9.17) is 0 Å². The van der Waals surface area contributed by atoms with E-state index in [-0.39, 0.29) is 18.4 Å². The Labute approximate surface area is 157 Å². The molecule has 0 aliphatic heterocycles. The van der Waals surface area contributed by atoms with Gasteiger partial charge in [-0.3, -0.25) is 19.6 Å². The van der Waals surface area contributed by atoms with Gasteiger partial charge in [0.05, 0.1) is 12.5 Å². The van der Waals surface area contributed by atoms with Gasteiger partial charge in [-0.2, -0.15) is 0 Å². The maximum Gasteiger partial charge on any atom is 0.245 e. The van der Waals surface area contributed by atoms with Crippen LogP contribution in [0.25, 0.3) is 0 Å². The summed E-state index contributed by atoms with van der Waals surface area (Å²) < 4.78 is 0. The van der Waals surface area contributed by atoms with Crippen molar-refractivity contribution < 1.29 is 19.6 Å². The fraction of sp³-hybridized carbons (Fsp3) is 0.842. The largest absolute Gasteiger partial charge is 0.347 e. The first-order valence-corrected chi connectivity index (χ1v) is 9.48. The van der Waals surface area contributed by atoms with E-state index in [2.05, 4.69) is 5.32 Å². The summed E-state index contributed by atoms with van der Waals surface area (Å²) in [6, 6.07) is -0.665. The molecule has 1 fully saturated rings. The molecule has 0 aromatic carbocycles. The van der Waals surface area contributed by atoms with E-state index in [1.54, 1.807) is 14.1 Å². The van der Waals surface area contributed by atoms with Gasteiger partial charge in [-0.05, 0) is 17.8 Å². The van der Waals surface area contributed by atoms with Gasteiger partial charge in [0.15, 0.2) is 0 Å². The van der Waals surface area contributed by atoms with E-state index in [1.165, 1.54) is 11.3 Å². The summed E-state index contributed by atoms with van der Waals surface area (Å²) >= 11 is 0. The van der Waals surface area contributed by atoms with Crippen molar-refractivity contribution in [2.75, 3.05) is 20.6 Å². The average molecular weight is 370 g/mol. The van der Waals surface area contributed by atoms with Crippen LogP contribution in [0.5, 0.6) is 0 Å². The number of hydrogen-bond acceptors (Lipinski definition) is 4. The van der Waals surface area contributed by atoms with Crippen molar-refractivity contribution in [1.82, 2.24) is 15.3 Å². The lowest BCUT2D eigenvalue weighted by Crippen LogP contribution is -2.55. The van der Waals surface area contributed by atoms with Crippen molar-refractivity contribution in [3.63, 3.8) is 0 Å². The predicted octanol–water partition coefficient (Wildman–Crippen LogP) is 2.04. The van der Waals surface area contributed by atoms with Gasteiger partial charge in [0.2, 0.25) is 18.2 Å². The topological polar surface area (TPSA) is 90.0 Å². The molecule has 0 unspecified atom stereocenters. The summed E-state index contributed by atoms with van der Waals surface area (Å²) in [5.74, 6) is -0.574. The maximum atomic E-state index is 12.9. The number of hydrogen-bond donors (Lipinski definition) is 2. The monoisotopic (exact) mass is 369 g/mol. The normalized spacial score (nSPS) is 17.9. The fourth-order valence-corrected chi connectivity index (χ4v) is 3.53. The average Bonchev–Trinajstić information content (AvgIpc) is 2.57. The third-order valence-corrected chi connectivity index (χ3v) is 5.08. The molecule has 0 radical (unpaired) electrons. The number of rotatable bonds is 8. The van der Waals surface area contributed by atoms with Crippen LogP contribution in [0.2, 0.25) is 0 Å². The van der Waals surface area contributed by atoms with E-state index in [1.807, 2.05) is 20.8 Å². The molecule has 26 heavy (non-hydrogen) atoms. The highest BCUT2D eigenvalue weighted by Crippen LogP contribution is 2.30. The van der Waals surface area contributed by atoms with E-state index in [9.17, 15) is 19.6 Å². The SMILES string of the molecule is CN(C)C(=O)[C@@H](NC(=O)[C@@H](CC1CCCCC1)CN(O)C=O)C(C)(C)C. The quantitative estimate of drug-likeness (QED) is 0.389. The standard InChI is InChI=1S/C19H35N3O4/c1-19(2,3)16(18(25)21(4)5)20-17(24)15(12-22(26)13-23)11-14-9-7-6-8-10-14/h13-16,26H,6-12H2,1-5H3,(H,20,24)/t15-,16+/m0/s1. The van der Waals surface area contributed by atoms with Crippen LogP contribution in [0, 0.1) is 17.3 Å². The van der Waals surface area contributed by atoms with Gasteiger partial charge in [0, 0.05) is 14.1 Å². The Balaban J connectivity index is 2.89. The Morgan fingerprint density at radius 1 is 1.19 bits per heavy atom. The third kappa shape index (κ3) is 6.94. The molecule has 1 aliphatic carbocycles. The lowest BCUT2D eigenvalue weighted by Gasteiger charge is -2.34. The minimum absolute atomic E-state index is 0.0567. The number of nitrogens with one attached hydrogen (secondary N) is 1. The van der Waals surface area contributed by atoms with E-state index in [0.29, 0.717) is 23.8 Å². The number of carbonyl (C=O) groups excluding carboxylic acids is 3. The Kier molecular flexibility index (Phi) is 8.53. The maximum absolute atomic E-state index is 12.9. The summed E-state index contributed by atoms with van der Waals surface area (Å²) in [6.07, 6.45) is 6.58. The third-order valence-electron chi connectivity index (χ3n) is 5.08. The van der Waals surface area contributed by atoms with Crippen LogP contribution >= 0.6 is 0 Å². The molecule has 1 saturated carbocycles. The zero-order valence-corrected chi connectivity index (χ0v) is 16.8. The molecule has 7 heteroatoms. The summed E-state index contributed by atoms with van der Waals surface area (Å²) in [4.78, 5) is 37.7. The van der Waals surface area contributed by atoms with Crippen molar-refractivity contribution in [3.8, 4) is 0 Å². The van der Waals surface area contributed by atoms with Crippen LogP contribution in [0.3, 0.4) is 0 Å². The van der Waals surface area contributed by atoms with E-state index < -0.39 is 17.4 Å². The Morgan fingerprint density at radius 2 is 1.77 bits per heavy atom. The zero-order chi connectivity index (χ0) is 19.9. The second-order valence-electron chi connectivity index (χ2n) is 8.70. The molecule has 150 valence electrons. The van der Waals surface area contributed by atoms with Gasteiger partial charge in [-0.1, -0.05) is 52.9 Å². The van der Waals surface area contributed by atoms with E-state index >= 15 is 0 Å². The Bertz CT molecular complexity index is 482. The number of amides is 3. The van der Waals surface area contributed by atoms with Crippen LogP contribution < -0.4 is 5.32 Å². The summed E-state index contributed by atoms with van der Waals surface area (Å²) in [5.41, 5.74) is -0.448. The molecule has 0 bridgehead atoms. The summed E-state index contributed by atoms with van der Waals surface area (Å²) in [7, 11) is 3.32. The Hall–Kier alpha value is -1.63. The first-order valence-electron chi connectivity index (χ1n) is 9.48. The molecule has 7 nitrogen and oxygen atoms in total. The van der Waals surface area contributed by atoms with E-state index in [0.717, 1.165) is 25.7 Å². The van der Waals surface area contributed by atoms with Crippen molar-refractivity contribution in [2.24, 2.45) is 17.3 Å². The van der Waals surface area contributed by atoms with Gasteiger partial charge in [0.25, 0.3) is 0 Å². The highest BCUT2D eigenvalue weighted by Gasteiger charge is 2.36. The zero-order valence-electron chi connectivity index (χ0n) is 16.8. The molecule has 0 heterocycles. The van der Waals surface area contributed by atoms with Crippen LogP contribution in [0.1, 0.15) is 59.3 Å². The molecule has 2 N–H and O–H groups in total. The van der Waals surface area contributed by atoms with Crippen molar-refractivity contribution in [3.05, 3.63) is 0 Å². The van der Waals surface area contributed by atoms with Crippen molar-refractivity contribution >= 4 is 18.2 Å². The lowest BCUT2D eigenvalue weighted by molar-refractivity contribution is -0.155. The van der Waals surface area contributed by atoms with Gasteiger partial charge >= 0.3 is 0 Å². The molecule has 1 aliphatic rings. The summed E-state index contributed by atoms with van der Waals surface area (Å²) in [5, 5.41) is 13.0. The minimum Gasteiger partial charge on any atom is -0.347 e. The minimum atomic E-state index is -0.665. The second-order valence-corrected chi connectivity index (χ2v) is 8.70. The van der Waals surface area contributed by atoms with Gasteiger partial charge in [-0.15, -0.1) is 0 Å². The number of nitrogens with zero attached hydrogens (tertiary/aromatic N) is 2. The van der Waals surface area contributed by atoms with Gasteiger partial charge < -0.3 is 10.2 Å². The van der Waals surface area contributed by atoms with Crippen LogP contribution in [-0.2, 0) is 14.4 Å². The first-order chi connectivity index (χ1) is 12.1. The number of carbonyl (C=O) groups is 3.